The van der Waals surface area contributed by atoms with E-state index in [1.165, 1.54) is 4.90 Å². The molecular formula is C23H17ClN2O4S. The predicted octanol–water partition coefficient (Wildman–Crippen LogP) is 4.59. The van der Waals surface area contributed by atoms with Gasteiger partial charge in [0.1, 0.15) is 5.75 Å². The Bertz CT molecular complexity index is 1240. The van der Waals surface area contributed by atoms with Gasteiger partial charge in [0.2, 0.25) is 0 Å². The second-order valence-corrected chi connectivity index (χ2v) is 8.29. The zero-order chi connectivity index (χ0) is 22.0. The maximum atomic E-state index is 12.8. The number of benzene rings is 3. The van der Waals surface area contributed by atoms with Gasteiger partial charge in [-0.05, 0) is 57.9 Å². The molecule has 1 saturated heterocycles. The molecule has 0 spiro atoms. The summed E-state index contributed by atoms with van der Waals surface area (Å²) >= 11 is 7.06. The average Bonchev–Trinajstić information content (AvgIpc) is 3.00. The molecule has 0 saturated carbocycles. The largest absolute Gasteiger partial charge is 0.482 e. The van der Waals surface area contributed by atoms with E-state index in [1.54, 1.807) is 24.3 Å². The highest BCUT2D eigenvalue weighted by atomic mass is 35.5. The number of imide groups is 1. The first-order valence-corrected chi connectivity index (χ1v) is 10.5. The highest BCUT2D eigenvalue weighted by molar-refractivity contribution is 8.18. The fourth-order valence-electron chi connectivity index (χ4n) is 3.18. The Morgan fingerprint density at radius 2 is 1.84 bits per heavy atom. The van der Waals surface area contributed by atoms with Crippen molar-refractivity contribution in [1.29, 1.82) is 0 Å². The molecule has 1 aliphatic heterocycles. The molecule has 2 N–H and O–H groups in total. The third-order valence-electron chi connectivity index (χ3n) is 4.65. The van der Waals surface area contributed by atoms with Gasteiger partial charge in [-0.2, -0.15) is 0 Å². The lowest BCUT2D eigenvalue weighted by molar-refractivity contribution is -0.123. The van der Waals surface area contributed by atoms with Crippen molar-refractivity contribution in [3.05, 3.63) is 81.7 Å². The standard InChI is InChI=1S/C23H17ClN2O4S/c24-18-10-14(6-8-19(18)30-13-21(25)27)11-20-22(28)26(23(29)31-20)12-15-5-7-16-3-1-2-4-17(16)9-15/h1-11H,12-13H2,(H2,25,27)/b20-11-. The van der Waals surface area contributed by atoms with E-state index in [-0.39, 0.29) is 29.3 Å². The number of halogens is 1. The molecule has 0 bridgehead atoms. The van der Waals surface area contributed by atoms with Crippen molar-refractivity contribution in [2.75, 3.05) is 6.61 Å². The average molecular weight is 453 g/mol. The number of carbonyl (C=O) groups is 3. The highest BCUT2D eigenvalue weighted by Gasteiger charge is 2.35. The first-order chi connectivity index (χ1) is 14.9. The van der Waals surface area contributed by atoms with Crippen LogP contribution in [-0.4, -0.2) is 28.6 Å². The van der Waals surface area contributed by atoms with Crippen LogP contribution in [0.15, 0.2) is 65.6 Å². The molecule has 1 fully saturated rings. The van der Waals surface area contributed by atoms with Crippen LogP contribution in [0.2, 0.25) is 5.02 Å². The first kappa shape index (κ1) is 21.0. The van der Waals surface area contributed by atoms with E-state index in [4.69, 9.17) is 22.1 Å². The van der Waals surface area contributed by atoms with E-state index < -0.39 is 5.91 Å². The summed E-state index contributed by atoms with van der Waals surface area (Å²) in [6.07, 6.45) is 1.61. The Balaban J connectivity index is 1.51. The fourth-order valence-corrected chi connectivity index (χ4v) is 4.26. The van der Waals surface area contributed by atoms with Crippen LogP contribution >= 0.6 is 23.4 Å². The summed E-state index contributed by atoms with van der Waals surface area (Å²) in [5, 5.41) is 2.10. The lowest BCUT2D eigenvalue weighted by Gasteiger charge is -2.13. The Morgan fingerprint density at radius 3 is 2.58 bits per heavy atom. The monoisotopic (exact) mass is 452 g/mol. The molecule has 6 nitrogen and oxygen atoms in total. The zero-order valence-corrected chi connectivity index (χ0v) is 17.8. The molecule has 1 heterocycles. The van der Waals surface area contributed by atoms with E-state index in [1.807, 2.05) is 42.5 Å². The van der Waals surface area contributed by atoms with Crippen molar-refractivity contribution >= 4 is 57.3 Å². The number of ether oxygens (including phenoxy) is 1. The van der Waals surface area contributed by atoms with Crippen LogP contribution < -0.4 is 10.5 Å². The van der Waals surface area contributed by atoms with Gasteiger partial charge in [0, 0.05) is 0 Å². The van der Waals surface area contributed by atoms with Crippen molar-refractivity contribution < 1.29 is 19.1 Å². The van der Waals surface area contributed by atoms with Gasteiger partial charge in [0.05, 0.1) is 16.5 Å². The molecule has 0 atom stereocenters. The third-order valence-corrected chi connectivity index (χ3v) is 5.85. The Kier molecular flexibility index (Phi) is 5.97. The van der Waals surface area contributed by atoms with Gasteiger partial charge in [0.15, 0.2) is 6.61 Å². The van der Waals surface area contributed by atoms with Crippen molar-refractivity contribution in [2.45, 2.75) is 6.54 Å². The number of nitrogens with zero attached hydrogens (tertiary/aromatic N) is 1. The number of carbonyl (C=O) groups excluding carboxylic acids is 3. The minimum absolute atomic E-state index is 0.202. The molecule has 3 amide bonds. The number of fused-ring (bicyclic) bond motifs is 1. The molecule has 0 unspecified atom stereocenters. The summed E-state index contributed by atoms with van der Waals surface area (Å²) in [4.78, 5) is 37.7. The van der Waals surface area contributed by atoms with Crippen molar-refractivity contribution in [1.82, 2.24) is 4.90 Å². The Hall–Kier alpha value is -3.29. The van der Waals surface area contributed by atoms with Crippen molar-refractivity contribution in [3.8, 4) is 5.75 Å². The van der Waals surface area contributed by atoms with Crippen LogP contribution in [0.4, 0.5) is 4.79 Å². The van der Waals surface area contributed by atoms with Gasteiger partial charge in [-0.15, -0.1) is 0 Å². The van der Waals surface area contributed by atoms with E-state index >= 15 is 0 Å². The molecule has 4 rings (SSSR count). The Morgan fingerprint density at radius 1 is 1.06 bits per heavy atom. The molecule has 31 heavy (non-hydrogen) atoms. The number of hydrogen-bond acceptors (Lipinski definition) is 5. The summed E-state index contributed by atoms with van der Waals surface area (Å²) in [5.41, 5.74) is 6.57. The van der Waals surface area contributed by atoms with Crippen LogP contribution in [0.5, 0.6) is 5.75 Å². The summed E-state index contributed by atoms with van der Waals surface area (Å²) in [5.74, 6) is -0.657. The van der Waals surface area contributed by atoms with Gasteiger partial charge in [-0.25, -0.2) is 0 Å². The lowest BCUT2D eigenvalue weighted by Crippen LogP contribution is -2.27. The molecule has 0 radical (unpaired) electrons. The number of rotatable bonds is 6. The molecular weight excluding hydrogens is 436 g/mol. The topological polar surface area (TPSA) is 89.7 Å². The predicted molar refractivity (Wildman–Crippen MR) is 122 cm³/mol. The van der Waals surface area contributed by atoms with Crippen LogP contribution in [0.1, 0.15) is 11.1 Å². The maximum absolute atomic E-state index is 12.8. The van der Waals surface area contributed by atoms with Gasteiger partial charge < -0.3 is 10.5 Å². The van der Waals surface area contributed by atoms with Crippen LogP contribution in [-0.2, 0) is 16.1 Å². The molecule has 8 heteroatoms. The number of primary amides is 1. The number of nitrogens with two attached hydrogens (primary N) is 1. The van der Waals surface area contributed by atoms with Crippen molar-refractivity contribution in [2.24, 2.45) is 5.73 Å². The second-order valence-electron chi connectivity index (χ2n) is 6.89. The summed E-state index contributed by atoms with van der Waals surface area (Å²) in [7, 11) is 0. The number of amides is 3. The first-order valence-electron chi connectivity index (χ1n) is 9.34. The normalized spacial score (nSPS) is 15.1. The van der Waals surface area contributed by atoms with Crippen molar-refractivity contribution in [3.63, 3.8) is 0 Å². The lowest BCUT2D eigenvalue weighted by atomic mass is 10.1. The Labute approximate surface area is 187 Å². The quantitative estimate of drug-likeness (QED) is 0.552. The fraction of sp³-hybridized carbons (Fsp3) is 0.0870. The minimum Gasteiger partial charge on any atom is -0.482 e. The summed E-state index contributed by atoms with van der Waals surface area (Å²) in [6, 6.07) is 18.6. The summed E-state index contributed by atoms with van der Waals surface area (Å²) < 4.78 is 5.21. The van der Waals surface area contributed by atoms with E-state index in [2.05, 4.69) is 0 Å². The van der Waals surface area contributed by atoms with Crippen LogP contribution in [0.25, 0.3) is 16.8 Å². The SMILES string of the molecule is NC(=O)COc1ccc(/C=C2\SC(=O)N(Cc3ccc4ccccc4c3)C2=O)cc1Cl. The molecule has 3 aromatic rings. The smallest absolute Gasteiger partial charge is 0.293 e. The second kappa shape index (κ2) is 8.83. The molecule has 1 aliphatic rings. The van der Waals surface area contributed by atoms with Gasteiger partial charge in [-0.3, -0.25) is 19.3 Å². The van der Waals surface area contributed by atoms with E-state index in [0.717, 1.165) is 28.1 Å². The van der Waals surface area contributed by atoms with Crippen LogP contribution in [0, 0.1) is 0 Å². The van der Waals surface area contributed by atoms with E-state index in [9.17, 15) is 14.4 Å². The van der Waals surface area contributed by atoms with Gasteiger partial charge >= 0.3 is 0 Å². The van der Waals surface area contributed by atoms with Gasteiger partial charge in [-0.1, -0.05) is 54.1 Å². The van der Waals surface area contributed by atoms with Crippen LogP contribution in [0.3, 0.4) is 0 Å². The third kappa shape index (κ3) is 4.73. The number of hydrogen-bond donors (Lipinski definition) is 1. The minimum atomic E-state index is -0.611. The molecule has 0 aromatic heterocycles. The molecule has 156 valence electrons. The van der Waals surface area contributed by atoms with E-state index in [0.29, 0.717) is 16.2 Å². The zero-order valence-electron chi connectivity index (χ0n) is 16.2. The molecule has 3 aromatic carbocycles. The number of thioether (sulfide) groups is 1. The highest BCUT2D eigenvalue weighted by Crippen LogP contribution is 2.35. The molecule has 0 aliphatic carbocycles. The summed E-state index contributed by atoms with van der Waals surface area (Å²) in [6.45, 7) is -0.0831. The maximum Gasteiger partial charge on any atom is 0.293 e. The van der Waals surface area contributed by atoms with Gasteiger partial charge in [0.25, 0.3) is 17.1 Å².